The Bertz CT molecular complexity index is 433. The first kappa shape index (κ1) is 17.8. The van der Waals surface area contributed by atoms with Crippen molar-refractivity contribution in [2.24, 2.45) is 0 Å². The molecule has 0 spiro atoms. The first-order valence-corrected chi connectivity index (χ1v) is 9.79. The second-order valence-electron chi connectivity index (χ2n) is 6.42. The van der Waals surface area contributed by atoms with Gasteiger partial charge in [0.15, 0.2) is 5.01 Å². The number of hydrogen-bond acceptors (Lipinski definition) is 4. The molecule has 22 heavy (non-hydrogen) atoms. The second kappa shape index (κ2) is 9.58. The zero-order chi connectivity index (χ0) is 15.8. The summed E-state index contributed by atoms with van der Waals surface area (Å²) in [6, 6.07) is 1.74. The van der Waals surface area contributed by atoms with Crippen LogP contribution < -0.4 is 5.32 Å². The Labute approximate surface area is 143 Å². The maximum absolute atomic E-state index is 8.72. The fourth-order valence-electron chi connectivity index (χ4n) is 3.33. The lowest BCUT2D eigenvalue weighted by Crippen LogP contribution is -2.40. The van der Waals surface area contributed by atoms with E-state index in [9.17, 15) is 0 Å². The average molecular weight is 341 g/mol. The number of aromatic nitrogens is 1. The molecular weight excluding hydrogens is 312 g/mol. The van der Waals surface area contributed by atoms with Gasteiger partial charge in [-0.1, -0.05) is 38.5 Å². The van der Waals surface area contributed by atoms with Crippen LogP contribution >= 0.6 is 23.6 Å². The number of thiazole rings is 1. The highest BCUT2D eigenvalue weighted by atomic mass is 32.1. The zero-order valence-electron chi connectivity index (χ0n) is 13.5. The third-order valence-electron chi connectivity index (χ3n) is 4.49. The van der Waals surface area contributed by atoms with Crippen molar-refractivity contribution in [2.75, 3.05) is 0 Å². The van der Waals surface area contributed by atoms with E-state index in [0.29, 0.717) is 5.01 Å². The summed E-state index contributed by atoms with van der Waals surface area (Å²) >= 11 is 5.87. The Morgan fingerprint density at radius 2 is 1.59 bits per heavy atom. The zero-order valence-corrected chi connectivity index (χ0v) is 15.1. The maximum atomic E-state index is 8.72. The highest BCUT2D eigenvalue weighted by molar-refractivity contribution is 7.80. The van der Waals surface area contributed by atoms with Crippen molar-refractivity contribution < 1.29 is 5.11 Å². The first-order chi connectivity index (χ1) is 10.6. The van der Waals surface area contributed by atoms with Crippen LogP contribution in [0.25, 0.3) is 0 Å². The molecule has 2 saturated carbocycles. The molecule has 3 nitrogen and oxygen atoms in total. The number of thiocarbonyl (C=S) groups is 1. The van der Waals surface area contributed by atoms with E-state index < -0.39 is 0 Å². The summed E-state index contributed by atoms with van der Waals surface area (Å²) < 4.78 is 0. The summed E-state index contributed by atoms with van der Waals surface area (Å²) in [6.45, 7) is 1.92. The molecule has 0 amide bonds. The van der Waals surface area contributed by atoms with Gasteiger partial charge < -0.3 is 10.4 Å². The normalized spacial score (nSPS) is 20.2. The quantitative estimate of drug-likeness (QED) is 0.766. The SMILES string of the molecule is C1CCC(NC2CCCCC2)CC1.Cc1cnc(C(O)=S)s1. The molecular formula is C17H28N2OS2. The lowest BCUT2D eigenvalue weighted by Gasteiger charge is -2.30. The Kier molecular flexibility index (Phi) is 7.76. The van der Waals surface area contributed by atoms with E-state index in [0.717, 1.165) is 17.0 Å². The molecule has 2 aliphatic carbocycles. The second-order valence-corrected chi connectivity index (χ2v) is 8.04. The highest BCUT2D eigenvalue weighted by Gasteiger charge is 2.19. The fraction of sp³-hybridized carbons (Fsp3) is 0.765. The topological polar surface area (TPSA) is 45.2 Å². The molecule has 2 fully saturated rings. The average Bonchev–Trinajstić information content (AvgIpc) is 2.97. The van der Waals surface area contributed by atoms with Gasteiger partial charge in [-0.15, -0.1) is 11.3 Å². The molecule has 0 aromatic carbocycles. The minimum absolute atomic E-state index is 0.117. The van der Waals surface area contributed by atoms with Gasteiger partial charge in [-0.25, -0.2) is 4.98 Å². The van der Waals surface area contributed by atoms with E-state index in [1.54, 1.807) is 6.20 Å². The Morgan fingerprint density at radius 1 is 1.09 bits per heavy atom. The third kappa shape index (κ3) is 6.31. The van der Waals surface area contributed by atoms with Crippen LogP contribution in [-0.2, 0) is 0 Å². The Morgan fingerprint density at radius 3 is 1.91 bits per heavy atom. The molecule has 0 unspecified atom stereocenters. The summed E-state index contributed by atoms with van der Waals surface area (Å²) in [5.74, 6) is 0. The number of aryl methyl sites for hydroxylation is 1. The molecule has 1 heterocycles. The fourth-order valence-corrected chi connectivity index (χ4v) is 4.11. The van der Waals surface area contributed by atoms with Crippen LogP contribution in [0.1, 0.15) is 74.1 Å². The summed E-state index contributed by atoms with van der Waals surface area (Å²) in [7, 11) is 0. The summed E-state index contributed by atoms with van der Waals surface area (Å²) in [4.78, 5) is 4.90. The van der Waals surface area contributed by atoms with Gasteiger partial charge in [-0.3, -0.25) is 0 Å². The van der Waals surface area contributed by atoms with E-state index in [-0.39, 0.29) is 5.05 Å². The van der Waals surface area contributed by atoms with Crippen LogP contribution in [0.5, 0.6) is 0 Å². The number of hydrogen-bond donors (Lipinski definition) is 2. The van der Waals surface area contributed by atoms with Gasteiger partial charge in [0.2, 0.25) is 5.05 Å². The number of nitrogens with one attached hydrogen (secondary N) is 1. The summed E-state index contributed by atoms with van der Waals surface area (Å²) in [6.07, 6.45) is 16.2. The molecule has 0 radical (unpaired) electrons. The van der Waals surface area contributed by atoms with Crippen molar-refractivity contribution in [3.8, 4) is 0 Å². The minimum Gasteiger partial charge on any atom is -0.497 e. The van der Waals surface area contributed by atoms with Gasteiger partial charge in [0, 0.05) is 23.2 Å². The van der Waals surface area contributed by atoms with Gasteiger partial charge in [0.1, 0.15) is 0 Å². The lowest BCUT2D eigenvalue weighted by molar-refractivity contribution is 0.291. The molecule has 2 aliphatic rings. The number of rotatable bonds is 3. The molecule has 124 valence electrons. The monoisotopic (exact) mass is 340 g/mol. The number of aliphatic hydroxyl groups is 1. The van der Waals surface area contributed by atoms with Crippen molar-refractivity contribution in [1.29, 1.82) is 0 Å². The highest BCUT2D eigenvalue weighted by Crippen LogP contribution is 2.22. The standard InChI is InChI=1S/C12H23N.C5H5NOS2/c1-3-7-11(8-4-1)13-12-9-5-2-6-10-12;1-3-2-6-4(9-3)5(7)8/h11-13H,1-10H2;2H,1H3,(H,7,8). The van der Waals surface area contributed by atoms with Crippen LogP contribution in [0, 0.1) is 6.92 Å². The van der Waals surface area contributed by atoms with Crippen molar-refractivity contribution >= 4 is 28.6 Å². The summed E-state index contributed by atoms with van der Waals surface area (Å²) in [5.41, 5.74) is 0. The smallest absolute Gasteiger partial charge is 0.218 e. The van der Waals surface area contributed by atoms with E-state index in [1.165, 1.54) is 75.5 Å². The third-order valence-corrected chi connectivity index (χ3v) is 5.73. The molecule has 0 saturated heterocycles. The van der Waals surface area contributed by atoms with Crippen LogP contribution in [0.2, 0.25) is 0 Å². The maximum Gasteiger partial charge on any atom is 0.218 e. The molecule has 3 rings (SSSR count). The van der Waals surface area contributed by atoms with Gasteiger partial charge in [0.05, 0.1) is 0 Å². The summed E-state index contributed by atoms with van der Waals surface area (Å²) in [5, 5.41) is 13.0. The van der Waals surface area contributed by atoms with Crippen molar-refractivity contribution in [1.82, 2.24) is 10.3 Å². The van der Waals surface area contributed by atoms with Gasteiger partial charge in [-0.05, 0) is 44.8 Å². The van der Waals surface area contributed by atoms with Crippen LogP contribution in [0.3, 0.4) is 0 Å². The van der Waals surface area contributed by atoms with E-state index in [2.05, 4.69) is 22.5 Å². The number of nitrogens with zero attached hydrogens (tertiary/aromatic N) is 1. The molecule has 0 aliphatic heterocycles. The van der Waals surface area contributed by atoms with Crippen molar-refractivity contribution in [3.05, 3.63) is 16.1 Å². The molecule has 0 atom stereocenters. The number of aliphatic hydroxyl groups excluding tert-OH is 1. The van der Waals surface area contributed by atoms with Crippen LogP contribution in [0.4, 0.5) is 0 Å². The van der Waals surface area contributed by atoms with E-state index >= 15 is 0 Å². The molecule has 5 heteroatoms. The van der Waals surface area contributed by atoms with E-state index in [4.69, 9.17) is 5.11 Å². The Balaban J connectivity index is 0.000000172. The van der Waals surface area contributed by atoms with Gasteiger partial charge in [-0.2, -0.15) is 0 Å². The lowest BCUT2D eigenvalue weighted by atomic mass is 9.91. The first-order valence-electron chi connectivity index (χ1n) is 8.57. The minimum atomic E-state index is -0.117. The van der Waals surface area contributed by atoms with Crippen LogP contribution in [0.15, 0.2) is 6.20 Å². The van der Waals surface area contributed by atoms with Crippen molar-refractivity contribution in [2.45, 2.75) is 83.2 Å². The van der Waals surface area contributed by atoms with Crippen LogP contribution in [-0.4, -0.2) is 27.2 Å². The largest absolute Gasteiger partial charge is 0.497 e. The van der Waals surface area contributed by atoms with E-state index in [1.807, 2.05) is 6.92 Å². The predicted octanol–water partition coefficient (Wildman–Crippen LogP) is 4.93. The molecule has 1 aromatic heterocycles. The predicted molar refractivity (Wildman–Crippen MR) is 98.1 cm³/mol. The van der Waals surface area contributed by atoms with Gasteiger partial charge >= 0.3 is 0 Å². The van der Waals surface area contributed by atoms with Crippen molar-refractivity contribution in [3.63, 3.8) is 0 Å². The molecule has 2 N–H and O–H groups in total. The molecule has 1 aromatic rings. The van der Waals surface area contributed by atoms with Gasteiger partial charge in [0.25, 0.3) is 0 Å². The molecule has 0 bridgehead atoms. The Hall–Kier alpha value is -0.520.